The van der Waals surface area contributed by atoms with E-state index in [0.717, 1.165) is 23.0 Å². The molecule has 3 rings (SSSR count). The first kappa shape index (κ1) is 20.7. The van der Waals surface area contributed by atoms with Crippen molar-refractivity contribution >= 4 is 17.4 Å². The number of thiophene rings is 1. The second-order valence-corrected chi connectivity index (χ2v) is 7.87. The van der Waals surface area contributed by atoms with Gasteiger partial charge in [0.1, 0.15) is 5.82 Å². The molecule has 0 unspecified atom stereocenters. The number of hydrogen-bond donors (Lipinski definition) is 2. The Kier molecular flexibility index (Phi) is 5.72. The van der Waals surface area contributed by atoms with Crippen LogP contribution in [0.5, 0.6) is 0 Å². The first-order valence-electron chi connectivity index (χ1n) is 9.06. The van der Waals surface area contributed by atoms with Gasteiger partial charge in [0, 0.05) is 43.8 Å². The minimum Gasteiger partial charge on any atom is -0.374 e. The zero-order chi connectivity index (χ0) is 20.5. The number of nitrogens with zero attached hydrogens (tertiary/aromatic N) is 3. The maximum Gasteiger partial charge on any atom is 0.424 e. The highest BCUT2D eigenvalue weighted by molar-refractivity contribution is 7.10. The Balaban J connectivity index is 1.68. The lowest BCUT2D eigenvalue weighted by atomic mass is 9.97. The number of aromatic nitrogens is 2. The van der Waals surface area contributed by atoms with Crippen molar-refractivity contribution in [3.63, 3.8) is 0 Å². The van der Waals surface area contributed by atoms with E-state index in [4.69, 9.17) is 0 Å². The number of carbonyl (C=O) groups is 1. The molecule has 0 spiro atoms. The smallest absolute Gasteiger partial charge is 0.374 e. The van der Waals surface area contributed by atoms with E-state index < -0.39 is 30.1 Å². The van der Waals surface area contributed by atoms with Gasteiger partial charge in [0.25, 0.3) is 0 Å². The summed E-state index contributed by atoms with van der Waals surface area (Å²) in [5.74, 6) is -0.499. The van der Waals surface area contributed by atoms with E-state index in [1.54, 1.807) is 16.2 Å². The van der Waals surface area contributed by atoms with Crippen LogP contribution in [0.2, 0.25) is 0 Å². The quantitative estimate of drug-likeness (QED) is 0.786. The number of rotatable bonds is 5. The monoisotopic (exact) mass is 416 g/mol. The van der Waals surface area contributed by atoms with Gasteiger partial charge in [-0.25, -0.2) is 9.78 Å². The van der Waals surface area contributed by atoms with Crippen LogP contribution in [-0.4, -0.2) is 44.9 Å². The Morgan fingerprint density at radius 1 is 1.46 bits per heavy atom. The Labute approximate surface area is 165 Å². The minimum absolute atomic E-state index is 0.0916. The standard InChI is InChI=1S/C18H23F3N4O2S/c1-3-13-12-5-11-28-14(12)4-9-25(13)16(26)23-7-6-17(27,18(19,20)21)15-22-8-10-24(15)2/h5,8,10-11,13,27H,3-4,6-7,9H2,1-2H3,(H,23,26)/t13-,17+/m1/s1. The number of halogens is 3. The summed E-state index contributed by atoms with van der Waals surface area (Å²) in [5, 5.41) is 14.9. The second kappa shape index (κ2) is 7.75. The highest BCUT2D eigenvalue weighted by Gasteiger charge is 2.57. The molecule has 2 atom stereocenters. The number of fused-ring (bicyclic) bond motifs is 1. The van der Waals surface area contributed by atoms with E-state index in [0.29, 0.717) is 6.54 Å². The number of nitrogens with one attached hydrogen (secondary N) is 1. The van der Waals surface area contributed by atoms with Crippen molar-refractivity contribution < 1.29 is 23.1 Å². The molecule has 3 heterocycles. The Bertz CT molecular complexity index is 835. The largest absolute Gasteiger partial charge is 0.424 e. The summed E-state index contributed by atoms with van der Waals surface area (Å²) in [6.07, 6.45) is -1.65. The van der Waals surface area contributed by atoms with Crippen LogP contribution in [0.3, 0.4) is 0 Å². The number of aryl methyl sites for hydroxylation is 1. The van der Waals surface area contributed by atoms with Gasteiger partial charge in [-0.3, -0.25) is 0 Å². The number of urea groups is 1. The molecule has 0 saturated heterocycles. The average Bonchev–Trinajstić information content (AvgIpc) is 3.28. The van der Waals surface area contributed by atoms with Gasteiger partial charge in [0.2, 0.25) is 5.60 Å². The van der Waals surface area contributed by atoms with Crippen molar-refractivity contribution in [2.24, 2.45) is 7.05 Å². The first-order chi connectivity index (χ1) is 13.2. The molecule has 1 aliphatic heterocycles. The molecule has 0 bridgehead atoms. The third kappa shape index (κ3) is 3.62. The van der Waals surface area contributed by atoms with Crippen LogP contribution in [0.4, 0.5) is 18.0 Å². The fourth-order valence-corrected chi connectivity index (χ4v) is 4.60. The van der Waals surface area contributed by atoms with Crippen LogP contribution in [0.15, 0.2) is 23.8 Å². The zero-order valence-electron chi connectivity index (χ0n) is 15.7. The van der Waals surface area contributed by atoms with Crippen LogP contribution >= 0.6 is 11.3 Å². The molecule has 1 aliphatic rings. The highest BCUT2D eigenvalue weighted by Crippen LogP contribution is 2.40. The number of hydrogen-bond acceptors (Lipinski definition) is 4. The molecule has 154 valence electrons. The Hall–Kier alpha value is -2.07. The summed E-state index contributed by atoms with van der Waals surface area (Å²) in [6, 6.07) is 1.48. The van der Waals surface area contributed by atoms with Crippen molar-refractivity contribution in [3.8, 4) is 0 Å². The van der Waals surface area contributed by atoms with Crippen molar-refractivity contribution in [1.29, 1.82) is 0 Å². The lowest BCUT2D eigenvalue weighted by Crippen LogP contribution is -2.49. The molecular weight excluding hydrogens is 393 g/mol. The third-order valence-electron chi connectivity index (χ3n) is 5.17. The maximum atomic E-state index is 13.5. The summed E-state index contributed by atoms with van der Waals surface area (Å²) >= 11 is 1.66. The van der Waals surface area contributed by atoms with Gasteiger partial charge in [0.15, 0.2) is 0 Å². The van der Waals surface area contributed by atoms with Gasteiger partial charge in [0.05, 0.1) is 6.04 Å². The third-order valence-corrected chi connectivity index (χ3v) is 6.16. The van der Waals surface area contributed by atoms with Gasteiger partial charge >= 0.3 is 12.2 Å². The lowest BCUT2D eigenvalue weighted by molar-refractivity contribution is -0.272. The predicted octanol–water partition coefficient (Wildman–Crippen LogP) is 3.34. The molecular formula is C18H23F3N4O2S. The number of imidazole rings is 1. The predicted molar refractivity (Wildman–Crippen MR) is 98.9 cm³/mol. The first-order valence-corrected chi connectivity index (χ1v) is 9.94. The number of aliphatic hydroxyl groups is 1. The van der Waals surface area contributed by atoms with Crippen LogP contribution in [0.1, 0.15) is 42.1 Å². The van der Waals surface area contributed by atoms with E-state index in [-0.39, 0.29) is 12.6 Å². The van der Waals surface area contributed by atoms with Crippen LogP contribution < -0.4 is 5.32 Å². The summed E-state index contributed by atoms with van der Waals surface area (Å²) in [6.45, 7) is 2.16. The fraction of sp³-hybridized carbons (Fsp3) is 0.556. The number of carbonyl (C=O) groups excluding carboxylic acids is 1. The van der Waals surface area contributed by atoms with Crippen LogP contribution in [-0.2, 0) is 19.1 Å². The van der Waals surface area contributed by atoms with Gasteiger partial charge in [-0.1, -0.05) is 6.92 Å². The molecule has 28 heavy (non-hydrogen) atoms. The van der Waals surface area contributed by atoms with Gasteiger partial charge in [-0.2, -0.15) is 13.2 Å². The van der Waals surface area contributed by atoms with Crippen molar-refractivity contribution in [3.05, 3.63) is 40.1 Å². The molecule has 2 amide bonds. The normalized spacial score (nSPS) is 19.2. The molecule has 0 radical (unpaired) electrons. The Morgan fingerprint density at radius 3 is 2.82 bits per heavy atom. The molecule has 2 N–H and O–H groups in total. The van der Waals surface area contributed by atoms with Crippen LogP contribution in [0.25, 0.3) is 0 Å². The van der Waals surface area contributed by atoms with Gasteiger partial charge in [-0.05, 0) is 29.9 Å². The number of alkyl halides is 3. The number of amides is 2. The summed E-state index contributed by atoms with van der Waals surface area (Å²) in [7, 11) is 1.38. The molecule has 6 nitrogen and oxygen atoms in total. The molecule has 0 fully saturated rings. The van der Waals surface area contributed by atoms with Crippen molar-refractivity contribution in [2.75, 3.05) is 13.1 Å². The SMILES string of the molecule is CC[C@@H]1c2ccsc2CCN1C(=O)NCC[C@](O)(c1nccn1C)C(F)(F)F. The summed E-state index contributed by atoms with van der Waals surface area (Å²) < 4.78 is 41.8. The Morgan fingerprint density at radius 2 is 2.21 bits per heavy atom. The lowest BCUT2D eigenvalue weighted by Gasteiger charge is -2.36. The molecule has 0 aromatic carbocycles. The average molecular weight is 416 g/mol. The summed E-state index contributed by atoms with van der Waals surface area (Å²) in [5.41, 5.74) is -2.03. The van der Waals surface area contributed by atoms with Gasteiger partial charge in [-0.15, -0.1) is 11.3 Å². The zero-order valence-corrected chi connectivity index (χ0v) is 16.5. The van der Waals surface area contributed by atoms with E-state index >= 15 is 0 Å². The topological polar surface area (TPSA) is 70.4 Å². The molecule has 2 aromatic rings. The summed E-state index contributed by atoms with van der Waals surface area (Å²) in [4.78, 5) is 19.2. The molecule has 0 saturated carbocycles. The molecule has 10 heteroatoms. The van der Waals surface area contributed by atoms with Crippen molar-refractivity contribution in [2.45, 2.75) is 44.0 Å². The van der Waals surface area contributed by atoms with Crippen molar-refractivity contribution in [1.82, 2.24) is 19.8 Å². The van der Waals surface area contributed by atoms with E-state index in [2.05, 4.69) is 10.3 Å². The van der Waals surface area contributed by atoms with E-state index in [9.17, 15) is 23.1 Å². The van der Waals surface area contributed by atoms with Gasteiger partial charge < -0.3 is 19.9 Å². The molecule has 2 aromatic heterocycles. The van der Waals surface area contributed by atoms with E-state index in [1.807, 2.05) is 18.4 Å². The highest BCUT2D eigenvalue weighted by atomic mass is 32.1. The minimum atomic E-state index is -4.92. The van der Waals surface area contributed by atoms with Crippen LogP contribution in [0, 0.1) is 0 Å². The van der Waals surface area contributed by atoms with E-state index in [1.165, 1.54) is 24.3 Å². The fourth-order valence-electron chi connectivity index (χ4n) is 3.68. The maximum absolute atomic E-state index is 13.5. The molecule has 0 aliphatic carbocycles. The second-order valence-electron chi connectivity index (χ2n) is 6.87.